The molecular formula is C31H33N3O3. The molecule has 0 saturated heterocycles. The highest BCUT2D eigenvalue weighted by molar-refractivity contribution is 5.81. The Morgan fingerprint density at radius 3 is 2.62 bits per heavy atom. The third-order valence-corrected chi connectivity index (χ3v) is 6.82. The standard InChI is InChI=1S/C31H33N3O3/c1-3-36-29-19-23(16-17-28(29)37-21-24-11-9-10-22(2)18-24)20-32-34-30(25-12-5-4-6-13-25)33-27-15-8-7-14-26(27)31(34)35/h7-11,14-20,25H,3-6,12-13,21H2,1-2H3. The zero-order valence-corrected chi connectivity index (χ0v) is 21.5. The van der Waals surface area contributed by atoms with Crippen LogP contribution in [0.1, 0.15) is 67.5 Å². The van der Waals surface area contributed by atoms with Crippen LogP contribution in [0.15, 0.2) is 76.6 Å². The van der Waals surface area contributed by atoms with Gasteiger partial charge in [-0.1, -0.05) is 61.2 Å². The Kier molecular flexibility index (Phi) is 7.64. The van der Waals surface area contributed by atoms with Gasteiger partial charge in [-0.15, -0.1) is 0 Å². The maximum absolute atomic E-state index is 13.4. The van der Waals surface area contributed by atoms with Crippen LogP contribution in [0.5, 0.6) is 11.5 Å². The Morgan fingerprint density at radius 2 is 1.81 bits per heavy atom. The maximum Gasteiger partial charge on any atom is 0.282 e. The quantitative estimate of drug-likeness (QED) is 0.258. The van der Waals surface area contributed by atoms with Crippen LogP contribution < -0.4 is 15.0 Å². The first-order valence-electron chi connectivity index (χ1n) is 13.1. The van der Waals surface area contributed by atoms with E-state index in [1.54, 1.807) is 6.21 Å². The molecule has 1 fully saturated rings. The number of nitrogens with zero attached hydrogens (tertiary/aromatic N) is 3. The minimum Gasteiger partial charge on any atom is -0.490 e. The first-order valence-corrected chi connectivity index (χ1v) is 13.1. The molecule has 1 heterocycles. The Bertz CT molecular complexity index is 1470. The van der Waals surface area contributed by atoms with Crippen LogP contribution in [-0.2, 0) is 6.61 Å². The van der Waals surface area contributed by atoms with E-state index in [9.17, 15) is 4.79 Å². The molecule has 0 aliphatic heterocycles. The van der Waals surface area contributed by atoms with Gasteiger partial charge in [0.05, 0.1) is 23.7 Å². The lowest BCUT2D eigenvalue weighted by molar-refractivity contribution is 0.269. The van der Waals surface area contributed by atoms with E-state index in [4.69, 9.17) is 14.5 Å². The predicted molar refractivity (Wildman–Crippen MR) is 148 cm³/mol. The zero-order chi connectivity index (χ0) is 25.6. The summed E-state index contributed by atoms with van der Waals surface area (Å²) in [7, 11) is 0. The minimum absolute atomic E-state index is 0.134. The van der Waals surface area contributed by atoms with Gasteiger partial charge in [0.15, 0.2) is 11.5 Å². The predicted octanol–water partition coefficient (Wildman–Crippen LogP) is 6.61. The van der Waals surface area contributed by atoms with E-state index in [0.29, 0.717) is 30.1 Å². The zero-order valence-electron chi connectivity index (χ0n) is 21.5. The fourth-order valence-corrected chi connectivity index (χ4v) is 4.96. The SMILES string of the molecule is CCOc1cc(C=Nn2c(C3CCCCC3)nc3ccccc3c2=O)ccc1OCc1cccc(C)c1. The topological polar surface area (TPSA) is 65.7 Å². The van der Waals surface area contributed by atoms with Gasteiger partial charge < -0.3 is 9.47 Å². The number of fused-ring (bicyclic) bond motifs is 1. The van der Waals surface area contributed by atoms with E-state index >= 15 is 0 Å². The van der Waals surface area contributed by atoms with Crippen molar-refractivity contribution in [3.63, 3.8) is 0 Å². The molecule has 0 N–H and O–H groups in total. The van der Waals surface area contributed by atoms with Crippen molar-refractivity contribution in [1.82, 2.24) is 9.66 Å². The van der Waals surface area contributed by atoms with Gasteiger partial charge in [0.25, 0.3) is 5.56 Å². The lowest BCUT2D eigenvalue weighted by atomic mass is 9.88. The molecule has 0 atom stereocenters. The van der Waals surface area contributed by atoms with Gasteiger partial charge in [0, 0.05) is 5.92 Å². The summed E-state index contributed by atoms with van der Waals surface area (Å²) < 4.78 is 13.5. The van der Waals surface area contributed by atoms with Crippen molar-refractivity contribution in [2.45, 2.75) is 58.5 Å². The van der Waals surface area contributed by atoms with Gasteiger partial charge in [-0.25, -0.2) is 4.98 Å². The number of aromatic nitrogens is 2. The fourth-order valence-electron chi connectivity index (χ4n) is 4.96. The van der Waals surface area contributed by atoms with Crippen molar-refractivity contribution in [2.75, 3.05) is 6.61 Å². The van der Waals surface area contributed by atoms with E-state index in [1.807, 2.05) is 61.5 Å². The Morgan fingerprint density at radius 1 is 0.973 bits per heavy atom. The van der Waals surface area contributed by atoms with Gasteiger partial charge >= 0.3 is 0 Å². The van der Waals surface area contributed by atoms with Gasteiger partial charge in [-0.3, -0.25) is 4.79 Å². The van der Waals surface area contributed by atoms with Crippen molar-refractivity contribution >= 4 is 17.1 Å². The molecule has 5 rings (SSSR count). The maximum atomic E-state index is 13.4. The molecule has 0 unspecified atom stereocenters. The van der Waals surface area contributed by atoms with Crippen LogP contribution in [0.2, 0.25) is 0 Å². The van der Waals surface area contributed by atoms with Crippen LogP contribution in [0.3, 0.4) is 0 Å². The monoisotopic (exact) mass is 495 g/mol. The second-order valence-corrected chi connectivity index (χ2v) is 9.60. The summed E-state index contributed by atoms with van der Waals surface area (Å²) in [6, 6.07) is 21.5. The summed E-state index contributed by atoms with van der Waals surface area (Å²) in [4.78, 5) is 18.3. The van der Waals surface area contributed by atoms with Gasteiger partial charge in [0.1, 0.15) is 12.4 Å². The smallest absolute Gasteiger partial charge is 0.282 e. The van der Waals surface area contributed by atoms with E-state index < -0.39 is 0 Å². The van der Waals surface area contributed by atoms with E-state index in [1.165, 1.54) is 16.7 Å². The van der Waals surface area contributed by atoms with E-state index in [2.05, 4.69) is 24.2 Å². The number of hydrogen-bond acceptors (Lipinski definition) is 5. The molecule has 1 saturated carbocycles. The molecule has 3 aromatic carbocycles. The van der Waals surface area contributed by atoms with Crippen molar-refractivity contribution in [3.05, 3.63) is 99.6 Å². The Hall–Kier alpha value is -3.93. The average molecular weight is 496 g/mol. The second kappa shape index (κ2) is 11.4. The molecule has 1 aliphatic rings. The number of hydrogen-bond donors (Lipinski definition) is 0. The molecule has 6 nitrogen and oxygen atoms in total. The first-order chi connectivity index (χ1) is 18.1. The van der Waals surface area contributed by atoms with Crippen LogP contribution in [0, 0.1) is 6.92 Å². The van der Waals surface area contributed by atoms with E-state index in [-0.39, 0.29) is 11.5 Å². The summed E-state index contributed by atoms with van der Waals surface area (Å²) in [6.45, 7) is 4.99. The van der Waals surface area contributed by atoms with Crippen LogP contribution >= 0.6 is 0 Å². The molecule has 190 valence electrons. The molecule has 0 spiro atoms. The lowest BCUT2D eigenvalue weighted by Gasteiger charge is -2.22. The van der Waals surface area contributed by atoms with Crippen molar-refractivity contribution in [3.8, 4) is 11.5 Å². The van der Waals surface area contributed by atoms with Gasteiger partial charge in [-0.2, -0.15) is 9.78 Å². The Balaban J connectivity index is 1.45. The summed E-state index contributed by atoms with van der Waals surface area (Å²) >= 11 is 0. The fraction of sp³-hybridized carbons (Fsp3) is 0.323. The number of aryl methyl sites for hydroxylation is 1. The highest BCUT2D eigenvalue weighted by atomic mass is 16.5. The molecule has 4 aromatic rings. The molecule has 0 radical (unpaired) electrons. The number of rotatable bonds is 8. The van der Waals surface area contributed by atoms with Crippen LogP contribution in [0.4, 0.5) is 0 Å². The number of para-hydroxylation sites is 1. The summed E-state index contributed by atoms with van der Waals surface area (Å²) in [5.74, 6) is 2.31. The largest absolute Gasteiger partial charge is 0.490 e. The molecule has 0 amide bonds. The van der Waals surface area contributed by atoms with E-state index in [0.717, 1.165) is 48.2 Å². The number of ether oxygens (including phenoxy) is 2. The van der Waals surface area contributed by atoms with Crippen molar-refractivity contribution in [2.24, 2.45) is 5.10 Å². The molecule has 6 heteroatoms. The highest BCUT2D eigenvalue weighted by Crippen LogP contribution is 2.32. The molecule has 1 aromatic heterocycles. The van der Waals surface area contributed by atoms with Gasteiger partial charge in [0.2, 0.25) is 0 Å². The number of benzene rings is 3. The second-order valence-electron chi connectivity index (χ2n) is 9.60. The normalized spacial score (nSPS) is 14.3. The molecule has 37 heavy (non-hydrogen) atoms. The van der Waals surface area contributed by atoms with Crippen LogP contribution in [0.25, 0.3) is 10.9 Å². The van der Waals surface area contributed by atoms with Gasteiger partial charge in [-0.05, 0) is 68.1 Å². The molecule has 0 bridgehead atoms. The highest BCUT2D eigenvalue weighted by Gasteiger charge is 2.22. The third kappa shape index (κ3) is 5.74. The minimum atomic E-state index is -0.134. The lowest BCUT2D eigenvalue weighted by Crippen LogP contribution is -2.25. The summed E-state index contributed by atoms with van der Waals surface area (Å²) in [6.07, 6.45) is 7.30. The molecular weight excluding hydrogens is 462 g/mol. The molecule has 1 aliphatic carbocycles. The van der Waals surface area contributed by atoms with Crippen molar-refractivity contribution < 1.29 is 9.47 Å². The van der Waals surface area contributed by atoms with Crippen LogP contribution in [-0.4, -0.2) is 22.5 Å². The van der Waals surface area contributed by atoms with Crippen molar-refractivity contribution in [1.29, 1.82) is 0 Å². The Labute approximate surface area is 217 Å². The first kappa shape index (κ1) is 24.8. The third-order valence-electron chi connectivity index (χ3n) is 6.82. The summed E-state index contributed by atoms with van der Waals surface area (Å²) in [5, 5.41) is 5.23. The average Bonchev–Trinajstić information content (AvgIpc) is 2.93. The summed E-state index contributed by atoms with van der Waals surface area (Å²) in [5.41, 5.74) is 3.72.